The number of anilines is 1. The largest absolute Gasteiger partial charge is 0.382 e. The Morgan fingerprint density at radius 2 is 2.27 bits per heavy atom. The van der Waals surface area contributed by atoms with Crippen molar-refractivity contribution in [1.82, 2.24) is 0 Å². The van der Waals surface area contributed by atoms with Gasteiger partial charge in [0, 0.05) is 11.7 Å². The molecule has 1 aromatic rings. The van der Waals surface area contributed by atoms with E-state index in [1.807, 2.05) is 6.07 Å². The first-order valence-corrected chi connectivity index (χ1v) is 6.21. The van der Waals surface area contributed by atoms with E-state index in [1.165, 1.54) is 12.8 Å². The van der Waals surface area contributed by atoms with Gasteiger partial charge in [-0.05, 0) is 59.3 Å². The molecule has 0 aliphatic heterocycles. The third-order valence-corrected chi connectivity index (χ3v) is 3.55. The molecule has 1 nitrogen and oxygen atoms in total. The Labute approximate surface area is 98.2 Å². The zero-order valence-corrected chi connectivity index (χ0v) is 10.3. The number of nitrogens with one attached hydrogen (secondary N) is 1. The first-order chi connectivity index (χ1) is 7.20. The summed E-state index contributed by atoms with van der Waals surface area (Å²) in [6, 6.07) is 5.72. The van der Waals surface area contributed by atoms with Gasteiger partial charge in [-0.15, -0.1) is 0 Å². The van der Waals surface area contributed by atoms with Crippen LogP contribution in [0.25, 0.3) is 0 Å². The molecule has 1 N–H and O–H groups in total. The molecule has 0 radical (unpaired) electrons. The Balaban J connectivity index is 2.05. The SMILES string of the molecule is CCC(Nc1ccc(Br)c(F)c1)C1CC1. The average molecular weight is 272 g/mol. The first kappa shape index (κ1) is 10.9. The summed E-state index contributed by atoms with van der Waals surface area (Å²) >= 11 is 3.15. The fourth-order valence-electron chi connectivity index (χ4n) is 1.85. The standard InChI is InChI=1S/C12H15BrFN/c1-2-12(8-3-4-8)15-9-5-6-10(13)11(14)7-9/h5-8,12,15H,2-4H2,1H3. The van der Waals surface area contributed by atoms with Crippen LogP contribution in [0.3, 0.4) is 0 Å². The van der Waals surface area contributed by atoms with Crippen LogP contribution in [0.4, 0.5) is 10.1 Å². The van der Waals surface area contributed by atoms with Gasteiger partial charge in [0.15, 0.2) is 0 Å². The quantitative estimate of drug-likeness (QED) is 0.866. The molecule has 1 aliphatic carbocycles. The van der Waals surface area contributed by atoms with E-state index < -0.39 is 0 Å². The maximum Gasteiger partial charge on any atom is 0.139 e. The topological polar surface area (TPSA) is 12.0 Å². The van der Waals surface area contributed by atoms with E-state index in [2.05, 4.69) is 28.2 Å². The summed E-state index contributed by atoms with van der Waals surface area (Å²) in [5.74, 6) is 0.590. The molecule has 1 atom stereocenters. The fraction of sp³-hybridized carbons (Fsp3) is 0.500. The van der Waals surface area contributed by atoms with Gasteiger partial charge < -0.3 is 5.32 Å². The van der Waals surface area contributed by atoms with E-state index in [1.54, 1.807) is 12.1 Å². The van der Waals surface area contributed by atoms with Crippen LogP contribution in [0.2, 0.25) is 0 Å². The van der Waals surface area contributed by atoms with Gasteiger partial charge in [-0.25, -0.2) is 4.39 Å². The van der Waals surface area contributed by atoms with Crippen molar-refractivity contribution in [2.75, 3.05) is 5.32 Å². The summed E-state index contributed by atoms with van der Waals surface area (Å²) in [4.78, 5) is 0. The highest BCUT2D eigenvalue weighted by atomic mass is 79.9. The van der Waals surface area contributed by atoms with Crippen LogP contribution in [0.5, 0.6) is 0 Å². The van der Waals surface area contributed by atoms with Gasteiger partial charge in [0.2, 0.25) is 0 Å². The van der Waals surface area contributed by atoms with Crippen LogP contribution < -0.4 is 5.32 Å². The van der Waals surface area contributed by atoms with E-state index in [-0.39, 0.29) is 5.82 Å². The summed E-state index contributed by atoms with van der Waals surface area (Å²) in [6.45, 7) is 2.17. The number of hydrogen-bond donors (Lipinski definition) is 1. The second kappa shape index (κ2) is 4.52. The van der Waals surface area contributed by atoms with Crippen LogP contribution in [0.1, 0.15) is 26.2 Å². The van der Waals surface area contributed by atoms with E-state index in [9.17, 15) is 4.39 Å². The van der Waals surface area contributed by atoms with E-state index in [0.717, 1.165) is 18.0 Å². The highest BCUT2D eigenvalue weighted by molar-refractivity contribution is 9.10. The zero-order chi connectivity index (χ0) is 10.8. The minimum Gasteiger partial charge on any atom is -0.382 e. The van der Waals surface area contributed by atoms with Crippen LogP contribution in [0.15, 0.2) is 22.7 Å². The number of rotatable bonds is 4. The molecule has 0 spiro atoms. The average Bonchev–Trinajstić information content (AvgIpc) is 3.03. The molecule has 0 saturated heterocycles. The third kappa shape index (κ3) is 2.71. The van der Waals surface area contributed by atoms with Gasteiger partial charge in [0.05, 0.1) is 4.47 Å². The van der Waals surface area contributed by atoms with Crippen LogP contribution in [0, 0.1) is 11.7 Å². The molecular formula is C12H15BrFN. The molecule has 0 bridgehead atoms. The van der Waals surface area contributed by atoms with Gasteiger partial charge in [0.1, 0.15) is 5.82 Å². The molecule has 82 valence electrons. The second-order valence-electron chi connectivity index (χ2n) is 4.13. The van der Waals surface area contributed by atoms with Crippen LogP contribution >= 0.6 is 15.9 Å². The Hall–Kier alpha value is -0.570. The van der Waals surface area contributed by atoms with Gasteiger partial charge in [-0.3, -0.25) is 0 Å². The van der Waals surface area contributed by atoms with E-state index in [0.29, 0.717) is 10.5 Å². The predicted octanol–water partition coefficient (Wildman–Crippen LogP) is 4.19. The Kier molecular flexibility index (Phi) is 3.29. The highest BCUT2D eigenvalue weighted by Crippen LogP contribution is 2.35. The van der Waals surface area contributed by atoms with Crippen molar-refractivity contribution in [2.45, 2.75) is 32.2 Å². The lowest BCUT2D eigenvalue weighted by atomic mass is 10.1. The molecule has 1 aliphatic rings. The lowest BCUT2D eigenvalue weighted by Crippen LogP contribution is -2.20. The van der Waals surface area contributed by atoms with Gasteiger partial charge >= 0.3 is 0 Å². The van der Waals surface area contributed by atoms with Gasteiger partial charge in [0.25, 0.3) is 0 Å². The fourth-order valence-corrected chi connectivity index (χ4v) is 2.10. The monoisotopic (exact) mass is 271 g/mol. The third-order valence-electron chi connectivity index (χ3n) is 2.90. The molecular weight excluding hydrogens is 257 g/mol. The zero-order valence-electron chi connectivity index (χ0n) is 8.76. The Morgan fingerprint density at radius 3 is 2.80 bits per heavy atom. The van der Waals surface area contributed by atoms with Crippen LogP contribution in [-0.4, -0.2) is 6.04 Å². The Bertz CT molecular complexity index is 349. The summed E-state index contributed by atoms with van der Waals surface area (Å²) < 4.78 is 13.8. The summed E-state index contributed by atoms with van der Waals surface area (Å²) in [7, 11) is 0. The molecule has 0 aromatic heterocycles. The molecule has 1 fully saturated rings. The van der Waals surface area contributed by atoms with Gasteiger partial charge in [-0.2, -0.15) is 0 Å². The molecule has 2 rings (SSSR count). The van der Waals surface area contributed by atoms with E-state index >= 15 is 0 Å². The smallest absolute Gasteiger partial charge is 0.139 e. The summed E-state index contributed by atoms with van der Waals surface area (Å²) in [6.07, 6.45) is 3.72. The summed E-state index contributed by atoms with van der Waals surface area (Å²) in [5.41, 5.74) is 0.884. The van der Waals surface area contributed by atoms with Crippen LogP contribution in [-0.2, 0) is 0 Å². The molecule has 1 aromatic carbocycles. The molecule has 1 unspecified atom stereocenters. The normalized spacial score (nSPS) is 17.5. The van der Waals surface area contributed by atoms with Crippen molar-refractivity contribution < 1.29 is 4.39 Å². The summed E-state index contributed by atoms with van der Waals surface area (Å²) in [5, 5.41) is 3.40. The highest BCUT2D eigenvalue weighted by Gasteiger charge is 2.29. The van der Waals surface area contributed by atoms with E-state index in [4.69, 9.17) is 0 Å². The molecule has 0 amide bonds. The lowest BCUT2D eigenvalue weighted by Gasteiger charge is -2.17. The molecule has 3 heteroatoms. The van der Waals surface area contributed by atoms with Crippen molar-refractivity contribution in [3.63, 3.8) is 0 Å². The minimum atomic E-state index is -0.203. The first-order valence-electron chi connectivity index (χ1n) is 5.42. The van der Waals surface area contributed by atoms with Crippen molar-refractivity contribution >= 4 is 21.6 Å². The van der Waals surface area contributed by atoms with Gasteiger partial charge in [-0.1, -0.05) is 6.92 Å². The van der Waals surface area contributed by atoms with Crippen molar-refractivity contribution in [1.29, 1.82) is 0 Å². The van der Waals surface area contributed by atoms with Crippen molar-refractivity contribution in [3.8, 4) is 0 Å². The maximum absolute atomic E-state index is 13.3. The second-order valence-corrected chi connectivity index (χ2v) is 4.98. The number of benzene rings is 1. The minimum absolute atomic E-state index is 0.203. The van der Waals surface area contributed by atoms with Crippen molar-refractivity contribution in [2.24, 2.45) is 5.92 Å². The molecule has 0 heterocycles. The number of halogens is 2. The lowest BCUT2D eigenvalue weighted by molar-refractivity contribution is 0.608. The Morgan fingerprint density at radius 1 is 1.53 bits per heavy atom. The predicted molar refractivity (Wildman–Crippen MR) is 64.5 cm³/mol. The number of hydrogen-bond acceptors (Lipinski definition) is 1. The molecule has 1 saturated carbocycles. The maximum atomic E-state index is 13.3. The van der Waals surface area contributed by atoms with Crippen molar-refractivity contribution in [3.05, 3.63) is 28.5 Å². The molecule has 15 heavy (non-hydrogen) atoms.